The van der Waals surface area contributed by atoms with Gasteiger partial charge in [-0.1, -0.05) is 30.2 Å². The third kappa shape index (κ3) is 2.88. The van der Waals surface area contributed by atoms with Crippen molar-refractivity contribution in [1.29, 1.82) is 0 Å². The Balaban J connectivity index is 0.00000128. The van der Waals surface area contributed by atoms with Crippen LogP contribution in [0.3, 0.4) is 0 Å². The molecule has 16 heavy (non-hydrogen) atoms. The summed E-state index contributed by atoms with van der Waals surface area (Å²) in [7, 11) is 0. The Bertz CT molecular complexity index is 492. The molecular weight excluding hydrogens is 207 g/mol. The van der Waals surface area contributed by atoms with Crippen molar-refractivity contribution in [2.24, 2.45) is 0 Å². The summed E-state index contributed by atoms with van der Waals surface area (Å²) in [6.45, 7) is 4.04. The number of hydrogen-bond donors (Lipinski definition) is 1. The average Bonchev–Trinajstić information content (AvgIpc) is 2.22. The molecule has 1 N–H and O–H groups in total. The van der Waals surface area contributed by atoms with Crippen molar-refractivity contribution in [3.05, 3.63) is 53.6 Å². The Morgan fingerprint density at radius 2 is 1.69 bits per heavy atom. The van der Waals surface area contributed by atoms with Crippen LogP contribution < -0.4 is 29.6 Å². The first kappa shape index (κ1) is 13.3. The van der Waals surface area contributed by atoms with E-state index in [0.717, 1.165) is 16.7 Å². The van der Waals surface area contributed by atoms with Gasteiger partial charge in [0, 0.05) is 0 Å². The minimum absolute atomic E-state index is 0. The van der Waals surface area contributed by atoms with Crippen LogP contribution in [0.15, 0.2) is 36.4 Å². The van der Waals surface area contributed by atoms with Gasteiger partial charge in [0.15, 0.2) is 0 Å². The maximum absolute atomic E-state index is 9.76. The fourth-order valence-corrected chi connectivity index (χ4v) is 1.60. The van der Waals surface area contributed by atoms with Gasteiger partial charge in [0.05, 0.1) is 5.75 Å². The molecule has 0 aliphatic rings. The Hall–Kier alpha value is -0.760. The van der Waals surface area contributed by atoms with Gasteiger partial charge in [-0.3, -0.25) is 0 Å². The molecule has 2 aromatic rings. The second kappa shape index (κ2) is 5.53. The Kier molecular flexibility index (Phi) is 4.60. The van der Waals surface area contributed by atoms with E-state index in [0.29, 0.717) is 5.75 Å². The molecule has 2 rings (SSSR count). The Morgan fingerprint density at radius 1 is 1.00 bits per heavy atom. The molecule has 2 aromatic carbocycles. The van der Waals surface area contributed by atoms with Gasteiger partial charge < -0.3 is 5.11 Å². The zero-order valence-electron chi connectivity index (χ0n) is 9.91. The first-order chi connectivity index (χ1) is 7.16. The number of phenolic OH excluding ortho intramolecular Hbond substituents is 1. The van der Waals surface area contributed by atoms with Crippen LogP contribution in [0.5, 0.6) is 5.75 Å². The Labute approximate surface area is 118 Å². The van der Waals surface area contributed by atoms with Crippen LogP contribution in [0.25, 0.3) is 11.1 Å². The van der Waals surface area contributed by atoms with E-state index in [-0.39, 0.29) is 29.6 Å². The first-order valence-electron chi connectivity index (χ1n) is 4.95. The van der Waals surface area contributed by atoms with Gasteiger partial charge in [0.2, 0.25) is 0 Å². The van der Waals surface area contributed by atoms with Crippen LogP contribution in [0.1, 0.15) is 11.1 Å². The molecule has 0 heterocycles. The predicted octanol–water partition coefficient (Wildman–Crippen LogP) is 0.480. The van der Waals surface area contributed by atoms with Crippen LogP contribution in [-0.4, -0.2) is 5.11 Å². The smallest absolute Gasteiger partial charge is 0.517 e. The third-order valence-corrected chi connectivity index (χ3v) is 2.40. The van der Waals surface area contributed by atoms with Crippen molar-refractivity contribution in [3.63, 3.8) is 0 Å². The van der Waals surface area contributed by atoms with Crippen LogP contribution in [0.2, 0.25) is 0 Å². The molecule has 0 saturated heterocycles. The molecule has 0 saturated carbocycles. The fourth-order valence-electron chi connectivity index (χ4n) is 1.60. The molecule has 0 radical (unpaired) electrons. The zero-order valence-corrected chi connectivity index (χ0v) is 11.9. The van der Waals surface area contributed by atoms with Crippen LogP contribution in [0, 0.1) is 19.9 Å². The topological polar surface area (TPSA) is 20.2 Å². The quantitative estimate of drug-likeness (QED) is 0.547. The molecule has 0 fully saturated rings. The van der Waals surface area contributed by atoms with E-state index in [1.807, 2.05) is 44.2 Å². The Morgan fingerprint density at radius 3 is 2.38 bits per heavy atom. The van der Waals surface area contributed by atoms with E-state index in [4.69, 9.17) is 0 Å². The summed E-state index contributed by atoms with van der Waals surface area (Å²) in [5.74, 6) is 0.308. The molecule has 76 valence electrons. The van der Waals surface area contributed by atoms with E-state index in [9.17, 15) is 5.11 Å². The molecule has 1 nitrogen and oxygen atoms in total. The summed E-state index contributed by atoms with van der Waals surface area (Å²) >= 11 is 0. The summed E-state index contributed by atoms with van der Waals surface area (Å²) in [6, 6.07) is 14.6. The van der Waals surface area contributed by atoms with E-state index in [2.05, 4.69) is 6.07 Å². The molecule has 0 spiro atoms. The van der Waals surface area contributed by atoms with Gasteiger partial charge in [0.1, 0.15) is 0 Å². The first-order valence-corrected chi connectivity index (χ1v) is 4.95. The van der Waals surface area contributed by atoms with Crippen molar-refractivity contribution in [2.75, 3.05) is 0 Å². The molecule has 0 aromatic heterocycles. The number of hydrogen-bond acceptors (Lipinski definition) is 1. The minimum atomic E-state index is 0. The van der Waals surface area contributed by atoms with Crippen LogP contribution in [-0.2, 0) is 0 Å². The number of aryl methyl sites for hydroxylation is 2. The standard InChI is InChI=1S/C14H13O.Na/c1-10-4-3-5-12(8-10)13-9-11(2)6-7-14(13)15;/h3-4,6-9,15H,1-2H3;/q-1;+1. The number of benzene rings is 2. The maximum Gasteiger partial charge on any atom is 1.00 e. The molecule has 0 aliphatic carbocycles. The van der Waals surface area contributed by atoms with Crippen LogP contribution in [0.4, 0.5) is 0 Å². The molecule has 2 heteroatoms. The van der Waals surface area contributed by atoms with Gasteiger partial charge in [-0.25, -0.2) is 0 Å². The molecule has 0 unspecified atom stereocenters. The molecule has 0 bridgehead atoms. The van der Waals surface area contributed by atoms with Crippen molar-refractivity contribution in [2.45, 2.75) is 13.8 Å². The molecule has 0 amide bonds. The van der Waals surface area contributed by atoms with E-state index < -0.39 is 0 Å². The molecule has 0 atom stereocenters. The van der Waals surface area contributed by atoms with Crippen molar-refractivity contribution < 1.29 is 34.7 Å². The van der Waals surface area contributed by atoms with E-state index in [1.165, 1.54) is 5.56 Å². The summed E-state index contributed by atoms with van der Waals surface area (Å²) in [5.41, 5.74) is 4.09. The van der Waals surface area contributed by atoms with E-state index in [1.54, 1.807) is 6.07 Å². The zero-order chi connectivity index (χ0) is 10.8. The summed E-state index contributed by atoms with van der Waals surface area (Å²) in [6.07, 6.45) is 0. The van der Waals surface area contributed by atoms with Crippen LogP contribution >= 0.6 is 0 Å². The predicted molar refractivity (Wildman–Crippen MR) is 61.9 cm³/mol. The van der Waals surface area contributed by atoms with Gasteiger partial charge >= 0.3 is 29.6 Å². The summed E-state index contributed by atoms with van der Waals surface area (Å²) in [4.78, 5) is 0. The maximum atomic E-state index is 9.76. The summed E-state index contributed by atoms with van der Waals surface area (Å²) < 4.78 is 0. The SMILES string of the molecule is Cc1cc[c-]c(-c2cc(C)ccc2O)c1.[Na+]. The van der Waals surface area contributed by atoms with Crippen molar-refractivity contribution in [1.82, 2.24) is 0 Å². The average molecular weight is 220 g/mol. The molecular formula is C14H13NaO. The molecule has 0 aliphatic heterocycles. The normalized spacial score (nSPS) is 9.62. The van der Waals surface area contributed by atoms with Crippen molar-refractivity contribution >= 4 is 0 Å². The second-order valence-electron chi connectivity index (χ2n) is 3.80. The monoisotopic (exact) mass is 220 g/mol. The number of aromatic hydroxyl groups is 1. The largest absolute Gasteiger partial charge is 1.00 e. The number of rotatable bonds is 1. The summed E-state index contributed by atoms with van der Waals surface area (Å²) in [5, 5.41) is 9.76. The van der Waals surface area contributed by atoms with Crippen molar-refractivity contribution in [3.8, 4) is 16.9 Å². The third-order valence-electron chi connectivity index (χ3n) is 2.40. The fraction of sp³-hybridized carbons (Fsp3) is 0.143. The van der Waals surface area contributed by atoms with Gasteiger partial charge in [-0.15, -0.1) is 35.4 Å². The van der Waals surface area contributed by atoms with Gasteiger partial charge in [0.25, 0.3) is 0 Å². The van der Waals surface area contributed by atoms with Gasteiger partial charge in [-0.05, 0) is 13.0 Å². The minimum Gasteiger partial charge on any atom is -0.517 e. The second-order valence-corrected chi connectivity index (χ2v) is 3.80. The van der Waals surface area contributed by atoms with Gasteiger partial charge in [-0.2, -0.15) is 0 Å². The van der Waals surface area contributed by atoms with E-state index >= 15 is 0 Å². The number of phenols is 1.